The molecule has 0 aliphatic carbocycles. The number of amides is 2. The van der Waals surface area contributed by atoms with Crippen molar-refractivity contribution in [1.29, 1.82) is 0 Å². The van der Waals surface area contributed by atoms with Gasteiger partial charge in [-0.1, -0.05) is 12.1 Å². The zero-order valence-electron chi connectivity index (χ0n) is 13.7. The van der Waals surface area contributed by atoms with Gasteiger partial charge in [0.15, 0.2) is 11.5 Å². The maximum absolute atomic E-state index is 12.1. The van der Waals surface area contributed by atoms with Gasteiger partial charge in [0.25, 0.3) is 0 Å². The number of benzene rings is 1. The maximum Gasteiger partial charge on any atom is 0.317 e. The SMILES string of the molecule is COc1ccc(CCNC(=O)N(C)Cc2cccs2)cc1OC. The van der Waals surface area contributed by atoms with E-state index in [2.05, 4.69) is 5.32 Å². The van der Waals surface area contributed by atoms with Crippen LogP contribution in [0.5, 0.6) is 11.5 Å². The summed E-state index contributed by atoms with van der Waals surface area (Å²) in [5.41, 5.74) is 1.09. The minimum absolute atomic E-state index is 0.0705. The number of hydrogen-bond donors (Lipinski definition) is 1. The van der Waals surface area contributed by atoms with Crippen LogP contribution in [0.25, 0.3) is 0 Å². The van der Waals surface area contributed by atoms with E-state index in [0.29, 0.717) is 24.6 Å². The standard InChI is InChI=1S/C17H22N2O3S/c1-19(12-14-5-4-10-23-14)17(20)18-9-8-13-6-7-15(21-2)16(11-13)22-3/h4-7,10-11H,8-9,12H2,1-3H3,(H,18,20). The largest absolute Gasteiger partial charge is 0.493 e. The molecule has 0 atom stereocenters. The van der Waals surface area contributed by atoms with Crippen LogP contribution < -0.4 is 14.8 Å². The Morgan fingerprint density at radius 1 is 1.22 bits per heavy atom. The highest BCUT2D eigenvalue weighted by molar-refractivity contribution is 7.09. The fraction of sp³-hybridized carbons (Fsp3) is 0.353. The molecule has 6 heteroatoms. The summed E-state index contributed by atoms with van der Waals surface area (Å²) in [5.74, 6) is 1.40. The number of methoxy groups -OCH3 is 2. The zero-order valence-corrected chi connectivity index (χ0v) is 14.5. The van der Waals surface area contributed by atoms with Gasteiger partial charge in [-0.2, -0.15) is 0 Å². The summed E-state index contributed by atoms with van der Waals surface area (Å²) < 4.78 is 10.5. The Morgan fingerprint density at radius 3 is 2.65 bits per heavy atom. The summed E-state index contributed by atoms with van der Waals surface area (Å²) in [6.07, 6.45) is 0.735. The summed E-state index contributed by atoms with van der Waals surface area (Å²) in [5, 5.41) is 4.94. The van der Waals surface area contributed by atoms with E-state index in [-0.39, 0.29) is 6.03 Å². The van der Waals surface area contributed by atoms with E-state index in [0.717, 1.165) is 12.0 Å². The highest BCUT2D eigenvalue weighted by Gasteiger charge is 2.09. The molecule has 0 aliphatic heterocycles. The van der Waals surface area contributed by atoms with Crippen LogP contribution in [0.3, 0.4) is 0 Å². The average Bonchev–Trinajstić information content (AvgIpc) is 3.07. The van der Waals surface area contributed by atoms with Crippen LogP contribution in [-0.2, 0) is 13.0 Å². The van der Waals surface area contributed by atoms with E-state index in [9.17, 15) is 4.79 Å². The van der Waals surface area contributed by atoms with Crippen LogP contribution in [0.2, 0.25) is 0 Å². The van der Waals surface area contributed by atoms with E-state index in [1.165, 1.54) is 4.88 Å². The molecule has 0 aliphatic rings. The van der Waals surface area contributed by atoms with Gasteiger partial charge in [0.2, 0.25) is 0 Å². The van der Waals surface area contributed by atoms with E-state index < -0.39 is 0 Å². The molecule has 0 bridgehead atoms. The molecule has 0 saturated heterocycles. The van der Waals surface area contributed by atoms with Crippen LogP contribution in [-0.4, -0.2) is 38.7 Å². The molecule has 0 unspecified atom stereocenters. The Morgan fingerprint density at radius 2 is 2.00 bits per heavy atom. The van der Waals surface area contributed by atoms with Gasteiger partial charge in [-0.25, -0.2) is 4.79 Å². The first-order chi connectivity index (χ1) is 11.1. The van der Waals surface area contributed by atoms with Gasteiger partial charge in [-0.15, -0.1) is 11.3 Å². The van der Waals surface area contributed by atoms with Crippen molar-refractivity contribution < 1.29 is 14.3 Å². The quantitative estimate of drug-likeness (QED) is 0.846. The number of nitrogens with one attached hydrogen (secondary N) is 1. The Bertz CT molecular complexity index is 629. The number of carbonyl (C=O) groups excluding carboxylic acids is 1. The Labute approximate surface area is 140 Å². The smallest absolute Gasteiger partial charge is 0.317 e. The lowest BCUT2D eigenvalue weighted by molar-refractivity contribution is 0.207. The number of thiophene rings is 1. The van der Waals surface area contributed by atoms with Crippen molar-refractivity contribution in [2.45, 2.75) is 13.0 Å². The summed E-state index contributed by atoms with van der Waals surface area (Å²) in [6.45, 7) is 1.20. The highest BCUT2D eigenvalue weighted by atomic mass is 32.1. The van der Waals surface area contributed by atoms with E-state index >= 15 is 0 Å². The van der Waals surface area contributed by atoms with Gasteiger partial charge in [0.05, 0.1) is 20.8 Å². The lowest BCUT2D eigenvalue weighted by atomic mass is 10.1. The molecule has 1 heterocycles. The fourth-order valence-electron chi connectivity index (χ4n) is 2.19. The number of urea groups is 1. The lowest BCUT2D eigenvalue weighted by Crippen LogP contribution is -2.37. The molecule has 0 spiro atoms. The van der Waals surface area contributed by atoms with E-state index in [4.69, 9.17) is 9.47 Å². The third-order valence-corrected chi connectivity index (χ3v) is 4.32. The van der Waals surface area contributed by atoms with E-state index in [1.807, 2.05) is 35.7 Å². The van der Waals surface area contributed by atoms with E-state index in [1.54, 1.807) is 37.5 Å². The summed E-state index contributed by atoms with van der Waals surface area (Å²) >= 11 is 1.65. The first-order valence-electron chi connectivity index (χ1n) is 7.36. The third-order valence-electron chi connectivity index (χ3n) is 3.46. The van der Waals surface area contributed by atoms with Crippen molar-refractivity contribution in [2.75, 3.05) is 27.8 Å². The van der Waals surface area contributed by atoms with Crippen LogP contribution in [0, 0.1) is 0 Å². The topological polar surface area (TPSA) is 50.8 Å². The van der Waals surface area contributed by atoms with Crippen LogP contribution >= 0.6 is 11.3 Å². The predicted molar refractivity (Wildman–Crippen MR) is 92.4 cm³/mol. The van der Waals surface area contributed by atoms with Crippen molar-refractivity contribution in [3.63, 3.8) is 0 Å². The highest BCUT2D eigenvalue weighted by Crippen LogP contribution is 2.27. The van der Waals surface area contributed by atoms with Crippen molar-refractivity contribution in [1.82, 2.24) is 10.2 Å². The molecule has 0 saturated carbocycles. The van der Waals surface area contributed by atoms with Crippen LogP contribution in [0.15, 0.2) is 35.7 Å². The number of carbonyl (C=O) groups is 1. The molecule has 0 radical (unpaired) electrons. The lowest BCUT2D eigenvalue weighted by Gasteiger charge is -2.17. The predicted octanol–water partition coefficient (Wildman–Crippen LogP) is 3.15. The van der Waals surface area contributed by atoms with Crippen molar-refractivity contribution in [2.24, 2.45) is 0 Å². The molecule has 1 N–H and O–H groups in total. The molecule has 1 aromatic carbocycles. The minimum Gasteiger partial charge on any atom is -0.493 e. The number of ether oxygens (including phenoxy) is 2. The first-order valence-corrected chi connectivity index (χ1v) is 8.24. The van der Waals surface area contributed by atoms with Crippen molar-refractivity contribution in [3.8, 4) is 11.5 Å². The van der Waals surface area contributed by atoms with Crippen LogP contribution in [0.4, 0.5) is 4.79 Å². The van der Waals surface area contributed by atoms with Gasteiger partial charge >= 0.3 is 6.03 Å². The summed E-state index contributed by atoms with van der Waals surface area (Å²) in [7, 11) is 5.02. The number of rotatable bonds is 7. The average molecular weight is 334 g/mol. The zero-order chi connectivity index (χ0) is 16.7. The van der Waals surface area contributed by atoms with Gasteiger partial charge in [0, 0.05) is 18.5 Å². The molecule has 0 fully saturated rings. The van der Waals surface area contributed by atoms with Crippen LogP contribution in [0.1, 0.15) is 10.4 Å². The molecule has 5 nitrogen and oxygen atoms in total. The summed E-state index contributed by atoms with van der Waals surface area (Å²) in [4.78, 5) is 14.9. The molecular weight excluding hydrogens is 312 g/mol. The molecule has 2 amide bonds. The fourth-order valence-corrected chi connectivity index (χ4v) is 2.95. The minimum atomic E-state index is -0.0705. The van der Waals surface area contributed by atoms with Crippen molar-refractivity contribution >= 4 is 17.4 Å². The maximum atomic E-state index is 12.1. The molecular formula is C17H22N2O3S. The Hall–Kier alpha value is -2.21. The third kappa shape index (κ3) is 4.89. The Kier molecular flexibility index (Phi) is 6.29. The monoisotopic (exact) mass is 334 g/mol. The first kappa shape index (κ1) is 17.1. The second-order valence-corrected chi connectivity index (χ2v) is 6.14. The van der Waals surface area contributed by atoms with Gasteiger partial charge in [-0.05, 0) is 35.6 Å². The number of hydrogen-bond acceptors (Lipinski definition) is 4. The normalized spacial score (nSPS) is 10.2. The number of nitrogens with zero attached hydrogens (tertiary/aromatic N) is 1. The Balaban J connectivity index is 1.81. The second kappa shape index (κ2) is 8.43. The molecule has 1 aromatic heterocycles. The summed E-state index contributed by atoms with van der Waals surface area (Å²) in [6, 6.07) is 9.72. The second-order valence-electron chi connectivity index (χ2n) is 5.11. The molecule has 2 rings (SSSR count). The van der Waals surface area contributed by atoms with Gasteiger partial charge in [-0.3, -0.25) is 0 Å². The molecule has 2 aromatic rings. The van der Waals surface area contributed by atoms with Crippen molar-refractivity contribution in [3.05, 3.63) is 46.2 Å². The molecule has 124 valence electrons. The molecule has 23 heavy (non-hydrogen) atoms. The van der Waals surface area contributed by atoms with Gasteiger partial charge in [0.1, 0.15) is 0 Å². The van der Waals surface area contributed by atoms with Gasteiger partial charge < -0.3 is 19.7 Å².